The van der Waals surface area contributed by atoms with Crippen LogP contribution in [-0.4, -0.2) is 49.0 Å². The molecule has 152 valence electrons. The van der Waals surface area contributed by atoms with Crippen molar-refractivity contribution in [1.82, 2.24) is 15.5 Å². The highest BCUT2D eigenvalue weighted by molar-refractivity contribution is 5.88. The Kier molecular flexibility index (Phi) is 4.96. The summed E-state index contributed by atoms with van der Waals surface area (Å²) in [6.45, 7) is 3.83. The van der Waals surface area contributed by atoms with Crippen LogP contribution >= 0.6 is 0 Å². The molecule has 2 fully saturated rings. The number of amides is 1. The van der Waals surface area contributed by atoms with Gasteiger partial charge in [-0.05, 0) is 49.3 Å². The normalized spacial score (nSPS) is 20.8. The van der Waals surface area contributed by atoms with Gasteiger partial charge in [0.1, 0.15) is 0 Å². The Morgan fingerprint density at radius 2 is 1.93 bits per heavy atom. The van der Waals surface area contributed by atoms with Crippen molar-refractivity contribution in [3.05, 3.63) is 53.2 Å². The van der Waals surface area contributed by atoms with E-state index in [1.165, 1.54) is 17.7 Å². The van der Waals surface area contributed by atoms with Gasteiger partial charge in [-0.3, -0.25) is 4.79 Å². The van der Waals surface area contributed by atoms with Crippen molar-refractivity contribution in [1.29, 1.82) is 0 Å². The van der Waals surface area contributed by atoms with Gasteiger partial charge in [0, 0.05) is 38.8 Å². The maximum atomic E-state index is 13.2. The maximum Gasteiger partial charge on any atom is 0.230 e. The summed E-state index contributed by atoms with van der Waals surface area (Å²) in [4.78, 5) is 15.5. The molecule has 5 rings (SSSR count). The third kappa shape index (κ3) is 3.50. The number of rotatable bonds is 5. The molecule has 0 bridgehead atoms. The second kappa shape index (κ2) is 7.75. The van der Waals surface area contributed by atoms with E-state index in [0.717, 1.165) is 50.2 Å². The van der Waals surface area contributed by atoms with Crippen LogP contribution in [0.2, 0.25) is 0 Å². The molecule has 0 spiro atoms. The zero-order valence-corrected chi connectivity index (χ0v) is 16.8. The molecule has 29 heavy (non-hydrogen) atoms. The van der Waals surface area contributed by atoms with E-state index in [9.17, 15) is 4.79 Å². The number of hydrogen-bond acceptors (Lipinski definition) is 5. The Hall–Kier alpha value is -2.47. The molecule has 0 radical (unpaired) electrons. The predicted molar refractivity (Wildman–Crippen MR) is 111 cm³/mol. The van der Waals surface area contributed by atoms with Gasteiger partial charge >= 0.3 is 0 Å². The van der Waals surface area contributed by atoms with E-state index in [2.05, 4.69) is 38.6 Å². The standard InChI is InChI=1S/C23H28N4O2/c28-22(23(9-11-29-12-10-23)19-6-2-1-3-7-19)24-14-17-15-27(16-17)21-13-18-5-4-8-20(18)25-26-21/h1-3,6-7,13,17H,4-5,8-12,14-16H2,(H,24,28). The summed E-state index contributed by atoms with van der Waals surface area (Å²) in [5, 5.41) is 12.0. The molecule has 6 nitrogen and oxygen atoms in total. The Morgan fingerprint density at radius 3 is 2.72 bits per heavy atom. The first kappa shape index (κ1) is 18.6. The van der Waals surface area contributed by atoms with E-state index in [-0.39, 0.29) is 5.91 Å². The molecule has 1 N–H and O–H groups in total. The summed E-state index contributed by atoms with van der Waals surface area (Å²) in [6, 6.07) is 12.4. The van der Waals surface area contributed by atoms with Gasteiger partial charge < -0.3 is 15.0 Å². The molecule has 0 atom stereocenters. The van der Waals surface area contributed by atoms with Gasteiger partial charge in [-0.15, -0.1) is 5.10 Å². The summed E-state index contributed by atoms with van der Waals surface area (Å²) >= 11 is 0. The number of nitrogens with zero attached hydrogens (tertiary/aromatic N) is 3. The quantitative estimate of drug-likeness (QED) is 0.846. The van der Waals surface area contributed by atoms with Crippen LogP contribution in [0.4, 0.5) is 5.82 Å². The van der Waals surface area contributed by atoms with Gasteiger partial charge in [-0.2, -0.15) is 5.10 Å². The van der Waals surface area contributed by atoms with Gasteiger partial charge in [-0.1, -0.05) is 30.3 Å². The van der Waals surface area contributed by atoms with E-state index in [1.807, 2.05) is 18.2 Å². The van der Waals surface area contributed by atoms with Crippen LogP contribution < -0.4 is 10.2 Å². The number of anilines is 1. The molecule has 1 aromatic heterocycles. The highest BCUT2D eigenvalue weighted by atomic mass is 16.5. The number of ether oxygens (including phenoxy) is 1. The largest absolute Gasteiger partial charge is 0.381 e. The third-order valence-electron chi connectivity index (χ3n) is 6.75. The lowest BCUT2D eigenvalue weighted by Crippen LogP contribution is -2.55. The fourth-order valence-corrected chi connectivity index (χ4v) is 4.89. The fraction of sp³-hybridized carbons (Fsp3) is 0.522. The topological polar surface area (TPSA) is 67.4 Å². The van der Waals surface area contributed by atoms with Crippen LogP contribution in [0.25, 0.3) is 0 Å². The van der Waals surface area contributed by atoms with Crippen molar-refractivity contribution in [2.75, 3.05) is 37.7 Å². The molecule has 0 saturated carbocycles. The summed E-state index contributed by atoms with van der Waals surface area (Å²) in [5.41, 5.74) is 3.16. The van der Waals surface area contributed by atoms with Crippen LogP contribution in [0, 0.1) is 5.92 Å². The highest BCUT2D eigenvalue weighted by Crippen LogP contribution is 2.35. The average molecular weight is 393 g/mol. The second-order valence-electron chi connectivity index (χ2n) is 8.57. The van der Waals surface area contributed by atoms with E-state index in [0.29, 0.717) is 25.7 Å². The molecule has 1 aliphatic carbocycles. The minimum atomic E-state index is -0.464. The van der Waals surface area contributed by atoms with Crippen LogP contribution in [0.3, 0.4) is 0 Å². The molecule has 1 amide bonds. The highest BCUT2D eigenvalue weighted by Gasteiger charge is 2.42. The predicted octanol–water partition coefficient (Wildman–Crippen LogP) is 2.27. The van der Waals surface area contributed by atoms with E-state index in [4.69, 9.17) is 4.74 Å². The summed E-state index contributed by atoms with van der Waals surface area (Å²) in [5.74, 6) is 1.59. The number of nitrogens with one attached hydrogen (secondary N) is 1. The van der Waals surface area contributed by atoms with Gasteiger partial charge in [0.05, 0.1) is 11.1 Å². The van der Waals surface area contributed by atoms with Gasteiger partial charge in [0.25, 0.3) is 0 Å². The van der Waals surface area contributed by atoms with E-state index in [1.54, 1.807) is 0 Å². The zero-order chi connectivity index (χ0) is 19.7. The smallest absolute Gasteiger partial charge is 0.230 e. The molecule has 2 aromatic rings. The Labute approximate surface area is 171 Å². The first-order chi connectivity index (χ1) is 14.2. The number of fused-ring (bicyclic) bond motifs is 1. The zero-order valence-electron chi connectivity index (χ0n) is 16.8. The number of aryl methyl sites for hydroxylation is 2. The molecule has 0 unspecified atom stereocenters. The van der Waals surface area contributed by atoms with Crippen LogP contribution in [0.5, 0.6) is 0 Å². The number of benzene rings is 1. The Morgan fingerprint density at radius 1 is 1.14 bits per heavy atom. The molecule has 2 aliphatic heterocycles. The van der Waals surface area contributed by atoms with Crippen molar-refractivity contribution in [2.24, 2.45) is 5.92 Å². The second-order valence-corrected chi connectivity index (χ2v) is 8.57. The van der Waals surface area contributed by atoms with Gasteiger partial charge in [0.2, 0.25) is 5.91 Å². The van der Waals surface area contributed by atoms with Crippen molar-refractivity contribution < 1.29 is 9.53 Å². The van der Waals surface area contributed by atoms with E-state index >= 15 is 0 Å². The summed E-state index contributed by atoms with van der Waals surface area (Å²) < 4.78 is 5.55. The van der Waals surface area contributed by atoms with Crippen molar-refractivity contribution in [2.45, 2.75) is 37.5 Å². The number of hydrogen-bond donors (Lipinski definition) is 1. The van der Waals surface area contributed by atoms with Crippen LogP contribution in [0.15, 0.2) is 36.4 Å². The van der Waals surface area contributed by atoms with Crippen molar-refractivity contribution >= 4 is 11.7 Å². The number of carbonyl (C=O) groups excluding carboxylic acids is 1. The van der Waals surface area contributed by atoms with Gasteiger partial charge in [-0.25, -0.2) is 0 Å². The lowest BCUT2D eigenvalue weighted by Gasteiger charge is -2.41. The molecule has 3 aliphatic rings. The molecular formula is C23H28N4O2. The van der Waals surface area contributed by atoms with E-state index < -0.39 is 5.41 Å². The molecule has 2 saturated heterocycles. The van der Waals surface area contributed by atoms with Crippen LogP contribution in [0.1, 0.15) is 36.1 Å². The SMILES string of the molecule is O=C(NCC1CN(c2cc3c(nn2)CCC3)C1)C1(c2ccccc2)CCOCC1. The van der Waals surface area contributed by atoms with Crippen LogP contribution in [-0.2, 0) is 27.8 Å². The third-order valence-corrected chi connectivity index (χ3v) is 6.75. The molecule has 1 aromatic carbocycles. The first-order valence-electron chi connectivity index (χ1n) is 10.8. The Bertz CT molecular complexity index is 874. The van der Waals surface area contributed by atoms with Crippen molar-refractivity contribution in [3.63, 3.8) is 0 Å². The first-order valence-corrected chi connectivity index (χ1v) is 10.8. The number of aromatic nitrogens is 2. The average Bonchev–Trinajstić information content (AvgIpc) is 3.21. The minimum Gasteiger partial charge on any atom is -0.381 e. The Balaban J connectivity index is 1.19. The monoisotopic (exact) mass is 392 g/mol. The number of carbonyl (C=O) groups is 1. The lowest BCUT2D eigenvalue weighted by molar-refractivity contribution is -0.130. The summed E-state index contributed by atoms with van der Waals surface area (Å²) in [6.07, 6.45) is 4.85. The van der Waals surface area contributed by atoms with Crippen molar-refractivity contribution in [3.8, 4) is 0 Å². The minimum absolute atomic E-state index is 0.141. The van der Waals surface area contributed by atoms with Gasteiger partial charge in [0.15, 0.2) is 5.82 Å². The lowest BCUT2D eigenvalue weighted by atomic mass is 9.73. The maximum absolute atomic E-state index is 13.2. The fourth-order valence-electron chi connectivity index (χ4n) is 4.89. The molecule has 3 heterocycles. The molecule has 6 heteroatoms. The summed E-state index contributed by atoms with van der Waals surface area (Å²) in [7, 11) is 0. The molecular weight excluding hydrogens is 364 g/mol.